The van der Waals surface area contributed by atoms with Crippen LogP contribution in [0.4, 0.5) is 0 Å². The molecule has 7 heteroatoms. The number of rotatable bonds is 11. The zero-order valence-electron chi connectivity index (χ0n) is 17.8. The van der Waals surface area contributed by atoms with Gasteiger partial charge in [0, 0.05) is 31.6 Å². The second-order valence-corrected chi connectivity index (χ2v) is 8.57. The maximum atomic E-state index is 13.3. The number of aliphatic hydroxyl groups is 1. The smallest absolute Gasteiger partial charge is 0.237 e. The van der Waals surface area contributed by atoms with Gasteiger partial charge in [0.25, 0.3) is 0 Å². The second-order valence-electron chi connectivity index (χ2n) is 7.57. The van der Waals surface area contributed by atoms with Crippen molar-refractivity contribution in [3.05, 3.63) is 52.2 Å². The summed E-state index contributed by atoms with van der Waals surface area (Å²) < 4.78 is 11.2. The average Bonchev–Trinajstić information content (AvgIpc) is 3.25. The number of fused-ring (bicyclic) bond motifs is 1. The van der Waals surface area contributed by atoms with Crippen LogP contribution in [0.25, 0.3) is 0 Å². The lowest BCUT2D eigenvalue weighted by molar-refractivity contribution is -0.136. The number of carbonyl (C=O) groups excluding carboxylic acids is 1. The van der Waals surface area contributed by atoms with Crippen molar-refractivity contribution in [3.63, 3.8) is 0 Å². The normalized spacial score (nSPS) is 17.1. The van der Waals surface area contributed by atoms with E-state index in [-0.39, 0.29) is 18.5 Å². The van der Waals surface area contributed by atoms with Crippen LogP contribution in [0.15, 0.2) is 41.8 Å². The molecular formula is C23H32N2O4S. The summed E-state index contributed by atoms with van der Waals surface area (Å²) in [5.74, 6) is 0.868. The third-order valence-electron chi connectivity index (χ3n) is 5.48. The van der Waals surface area contributed by atoms with Crippen molar-refractivity contribution in [1.29, 1.82) is 0 Å². The summed E-state index contributed by atoms with van der Waals surface area (Å²) in [5, 5.41) is 12.2. The van der Waals surface area contributed by atoms with Gasteiger partial charge in [0.2, 0.25) is 5.91 Å². The quantitative estimate of drug-likeness (QED) is 0.592. The van der Waals surface area contributed by atoms with Crippen LogP contribution in [0.5, 0.6) is 5.75 Å². The minimum Gasteiger partial charge on any atom is -0.491 e. The minimum atomic E-state index is -0.448. The first-order valence-electron chi connectivity index (χ1n) is 10.5. The highest BCUT2D eigenvalue weighted by Gasteiger charge is 2.33. The van der Waals surface area contributed by atoms with Crippen molar-refractivity contribution in [2.75, 3.05) is 46.5 Å². The van der Waals surface area contributed by atoms with Crippen molar-refractivity contribution in [2.45, 2.75) is 31.9 Å². The Bertz CT molecular complexity index is 783. The number of carbonyl (C=O) groups is 1. The lowest BCUT2D eigenvalue weighted by Crippen LogP contribution is -2.48. The molecule has 1 amide bonds. The molecule has 2 aromatic rings. The molecule has 0 radical (unpaired) electrons. The van der Waals surface area contributed by atoms with E-state index in [1.807, 2.05) is 47.1 Å². The largest absolute Gasteiger partial charge is 0.491 e. The molecule has 2 atom stereocenters. The molecule has 2 heterocycles. The van der Waals surface area contributed by atoms with Gasteiger partial charge in [0.15, 0.2) is 0 Å². The number of benzene rings is 1. The molecule has 1 aromatic carbocycles. The molecule has 2 unspecified atom stereocenters. The molecule has 1 N–H and O–H groups in total. The Morgan fingerprint density at radius 3 is 2.87 bits per heavy atom. The van der Waals surface area contributed by atoms with Gasteiger partial charge in [-0.3, -0.25) is 9.69 Å². The van der Waals surface area contributed by atoms with Crippen molar-refractivity contribution in [3.8, 4) is 5.75 Å². The van der Waals surface area contributed by atoms with Crippen LogP contribution in [0, 0.1) is 0 Å². The molecule has 1 aliphatic rings. The summed E-state index contributed by atoms with van der Waals surface area (Å²) in [6.07, 6.45) is 1.08. The monoisotopic (exact) mass is 432 g/mol. The molecule has 0 saturated carbocycles. The SMILES string of the molecule is CCC(O)CN(CCOC)CC(=O)N1CCc2sccc2C1COc1ccccc1. The predicted octanol–water partition coefficient (Wildman–Crippen LogP) is 2.97. The Hall–Kier alpha value is -1.93. The number of nitrogens with zero attached hydrogens (tertiary/aromatic N) is 2. The fourth-order valence-corrected chi connectivity index (χ4v) is 4.66. The number of para-hydroxylation sites is 1. The van der Waals surface area contributed by atoms with E-state index in [2.05, 4.69) is 11.4 Å². The summed E-state index contributed by atoms with van der Waals surface area (Å²) in [4.78, 5) is 18.6. The van der Waals surface area contributed by atoms with E-state index in [4.69, 9.17) is 9.47 Å². The van der Waals surface area contributed by atoms with Gasteiger partial charge in [0.05, 0.1) is 25.3 Å². The van der Waals surface area contributed by atoms with Gasteiger partial charge in [-0.1, -0.05) is 25.1 Å². The second kappa shape index (κ2) is 11.5. The molecule has 164 valence electrons. The third kappa shape index (κ3) is 6.04. The molecule has 3 rings (SSSR count). The molecule has 1 aromatic heterocycles. The molecular weight excluding hydrogens is 400 g/mol. The van der Waals surface area contributed by atoms with E-state index in [1.165, 1.54) is 10.4 Å². The molecule has 30 heavy (non-hydrogen) atoms. The Morgan fingerprint density at radius 1 is 1.33 bits per heavy atom. The van der Waals surface area contributed by atoms with Crippen molar-refractivity contribution in [1.82, 2.24) is 9.80 Å². The fourth-order valence-electron chi connectivity index (χ4n) is 3.73. The Labute approximate surface area is 183 Å². The van der Waals surface area contributed by atoms with Crippen LogP contribution in [0.1, 0.15) is 29.8 Å². The zero-order valence-corrected chi connectivity index (χ0v) is 18.6. The molecule has 0 bridgehead atoms. The summed E-state index contributed by atoms with van der Waals surface area (Å²) in [5.41, 5.74) is 1.19. The zero-order chi connectivity index (χ0) is 21.3. The van der Waals surface area contributed by atoms with Crippen LogP contribution in [-0.2, 0) is 16.0 Å². The highest BCUT2D eigenvalue weighted by molar-refractivity contribution is 7.10. The number of thiophene rings is 1. The lowest BCUT2D eigenvalue weighted by Gasteiger charge is -2.37. The summed E-state index contributed by atoms with van der Waals surface area (Å²) in [6.45, 7) is 4.93. The van der Waals surface area contributed by atoms with Crippen LogP contribution >= 0.6 is 11.3 Å². The van der Waals surface area contributed by atoms with E-state index in [9.17, 15) is 9.90 Å². The van der Waals surface area contributed by atoms with Crippen molar-refractivity contribution in [2.24, 2.45) is 0 Å². The van der Waals surface area contributed by atoms with Gasteiger partial charge in [-0.2, -0.15) is 0 Å². The Kier molecular flexibility index (Phi) is 8.69. The predicted molar refractivity (Wildman–Crippen MR) is 119 cm³/mol. The Morgan fingerprint density at radius 2 is 2.13 bits per heavy atom. The van der Waals surface area contributed by atoms with Crippen LogP contribution < -0.4 is 4.74 Å². The summed E-state index contributed by atoms with van der Waals surface area (Å²) >= 11 is 1.75. The number of methoxy groups -OCH3 is 1. The highest BCUT2D eigenvalue weighted by atomic mass is 32.1. The first-order chi connectivity index (χ1) is 14.6. The molecule has 0 fully saturated rings. The van der Waals surface area contributed by atoms with E-state index in [1.54, 1.807) is 18.4 Å². The molecule has 1 aliphatic heterocycles. The van der Waals surface area contributed by atoms with Crippen LogP contribution in [0.3, 0.4) is 0 Å². The van der Waals surface area contributed by atoms with Gasteiger partial charge in [0.1, 0.15) is 12.4 Å². The van der Waals surface area contributed by atoms with Crippen molar-refractivity contribution >= 4 is 17.2 Å². The molecule has 0 saturated heterocycles. The van der Waals surface area contributed by atoms with Crippen molar-refractivity contribution < 1.29 is 19.4 Å². The first-order valence-corrected chi connectivity index (χ1v) is 11.4. The van der Waals surface area contributed by atoms with E-state index >= 15 is 0 Å². The molecule has 0 spiro atoms. The Balaban J connectivity index is 1.71. The maximum Gasteiger partial charge on any atom is 0.237 e. The molecule has 6 nitrogen and oxygen atoms in total. The standard InChI is InChI=1S/C23H32N2O4S/c1-3-18(26)15-24(12-13-28-2)16-23(27)25-11-9-22-20(10-14-30-22)21(25)17-29-19-7-5-4-6-8-19/h4-8,10,14,18,21,26H,3,9,11-13,15-17H2,1-2H3. The number of hydrogen-bond donors (Lipinski definition) is 1. The number of ether oxygens (including phenoxy) is 2. The summed E-state index contributed by atoms with van der Waals surface area (Å²) in [6, 6.07) is 11.7. The third-order valence-corrected chi connectivity index (χ3v) is 6.47. The number of hydrogen-bond acceptors (Lipinski definition) is 6. The minimum absolute atomic E-state index is 0.0629. The van der Waals surface area contributed by atoms with Gasteiger partial charge in [-0.25, -0.2) is 0 Å². The van der Waals surface area contributed by atoms with Crippen LogP contribution in [0.2, 0.25) is 0 Å². The topological polar surface area (TPSA) is 62.2 Å². The van der Waals surface area contributed by atoms with Gasteiger partial charge in [-0.15, -0.1) is 11.3 Å². The average molecular weight is 433 g/mol. The molecule has 0 aliphatic carbocycles. The first kappa shape index (κ1) is 22.7. The maximum absolute atomic E-state index is 13.3. The number of aliphatic hydroxyl groups excluding tert-OH is 1. The van der Waals surface area contributed by atoms with Gasteiger partial charge >= 0.3 is 0 Å². The van der Waals surface area contributed by atoms with Gasteiger partial charge in [-0.05, 0) is 42.0 Å². The lowest BCUT2D eigenvalue weighted by atomic mass is 10.0. The number of amides is 1. The van der Waals surface area contributed by atoms with Crippen LogP contribution in [-0.4, -0.2) is 73.4 Å². The van der Waals surface area contributed by atoms with Gasteiger partial charge < -0.3 is 19.5 Å². The summed E-state index contributed by atoms with van der Waals surface area (Å²) in [7, 11) is 1.65. The fraction of sp³-hybridized carbons (Fsp3) is 0.522. The van der Waals surface area contributed by atoms with E-state index < -0.39 is 6.10 Å². The van der Waals surface area contributed by atoms with E-state index in [0.717, 1.165) is 12.2 Å². The highest BCUT2D eigenvalue weighted by Crippen LogP contribution is 2.34. The van der Waals surface area contributed by atoms with E-state index in [0.29, 0.717) is 39.3 Å².